The molecule has 2 atom stereocenters. The number of rotatable bonds is 5. The average molecular weight is 395 g/mol. The molecular weight excluding hydrogens is 372 g/mol. The van der Waals surface area contributed by atoms with Crippen LogP contribution in [-0.4, -0.2) is 58.5 Å². The van der Waals surface area contributed by atoms with E-state index in [1.54, 1.807) is 23.9 Å². The maximum atomic E-state index is 12.6. The Bertz CT molecular complexity index is 810. The summed E-state index contributed by atoms with van der Waals surface area (Å²) in [5, 5.41) is 18.2. The Labute approximate surface area is 163 Å². The number of halogens is 1. The Kier molecular flexibility index (Phi) is 5.93. The van der Waals surface area contributed by atoms with Gasteiger partial charge >= 0.3 is 0 Å². The van der Waals surface area contributed by atoms with Gasteiger partial charge in [0.1, 0.15) is 17.5 Å². The molecule has 2 heterocycles. The third-order valence-corrected chi connectivity index (χ3v) is 4.71. The lowest BCUT2D eigenvalue weighted by molar-refractivity contribution is -0.123. The van der Waals surface area contributed by atoms with Gasteiger partial charge in [-0.05, 0) is 48.4 Å². The molecule has 0 bridgehead atoms. The van der Waals surface area contributed by atoms with Crippen molar-refractivity contribution < 1.29 is 14.3 Å². The number of carbonyl (C=O) groups excluding carboxylic acids is 1. The van der Waals surface area contributed by atoms with Gasteiger partial charge in [0.2, 0.25) is 5.91 Å². The summed E-state index contributed by atoms with van der Waals surface area (Å²) in [5.41, 5.74) is 1.36. The Hall–Kier alpha value is -2.23. The number of methoxy groups -OCH3 is 1. The summed E-state index contributed by atoms with van der Waals surface area (Å²) in [6.45, 7) is 3.16. The molecule has 2 fully saturated rings. The fourth-order valence-electron chi connectivity index (χ4n) is 3.14. The van der Waals surface area contributed by atoms with Gasteiger partial charge in [0, 0.05) is 18.2 Å². The van der Waals surface area contributed by atoms with Crippen LogP contribution in [0.5, 0.6) is 5.75 Å². The smallest absolute Gasteiger partial charge is 0.244 e. The minimum absolute atomic E-state index is 0. The minimum atomic E-state index is -0.385. The summed E-state index contributed by atoms with van der Waals surface area (Å²) in [6, 6.07) is 5.05. The maximum absolute atomic E-state index is 12.6. The van der Waals surface area contributed by atoms with Gasteiger partial charge in [-0.2, -0.15) is 4.68 Å². The molecule has 1 saturated heterocycles. The number of benzene rings is 1. The van der Waals surface area contributed by atoms with E-state index in [1.165, 1.54) is 0 Å². The van der Waals surface area contributed by atoms with Gasteiger partial charge in [-0.3, -0.25) is 4.79 Å². The summed E-state index contributed by atoms with van der Waals surface area (Å²) in [5.74, 6) is 1.72. The van der Waals surface area contributed by atoms with Crippen molar-refractivity contribution >= 4 is 24.0 Å². The Morgan fingerprint density at radius 2 is 2.22 bits per heavy atom. The predicted octanol–water partition coefficient (Wildman–Crippen LogP) is 1.29. The van der Waals surface area contributed by atoms with E-state index in [0.29, 0.717) is 36.2 Å². The first-order valence-corrected chi connectivity index (χ1v) is 8.80. The highest BCUT2D eigenvalue weighted by molar-refractivity contribution is 5.95. The van der Waals surface area contributed by atoms with E-state index in [4.69, 9.17) is 9.47 Å². The standard InChI is InChI=1S/C17H22N6O3.ClH/c1-10-15(18-7-8-26-10)17(24)19-12-5-6-14(25-2)13(9-12)23-16(11-3-4-11)20-21-22-23;/h5-6,9-11,15,18H,3-4,7-8H2,1-2H3,(H,19,24);1H/t10-,15+;/m1./s1. The molecule has 0 spiro atoms. The summed E-state index contributed by atoms with van der Waals surface area (Å²) in [7, 11) is 1.60. The van der Waals surface area contributed by atoms with Gasteiger partial charge in [0.25, 0.3) is 0 Å². The number of nitrogens with one attached hydrogen (secondary N) is 2. The zero-order chi connectivity index (χ0) is 18.1. The third-order valence-electron chi connectivity index (χ3n) is 4.71. The number of amides is 1. The quantitative estimate of drug-likeness (QED) is 0.787. The van der Waals surface area contributed by atoms with E-state index >= 15 is 0 Å². The van der Waals surface area contributed by atoms with E-state index in [9.17, 15) is 4.79 Å². The normalized spacial score (nSPS) is 22.0. The van der Waals surface area contributed by atoms with Crippen LogP contribution in [0.3, 0.4) is 0 Å². The summed E-state index contributed by atoms with van der Waals surface area (Å²) in [4.78, 5) is 12.6. The number of nitrogens with zero attached hydrogens (tertiary/aromatic N) is 4. The summed E-state index contributed by atoms with van der Waals surface area (Å²) < 4.78 is 12.7. The fourth-order valence-corrected chi connectivity index (χ4v) is 3.14. The molecule has 1 aliphatic heterocycles. The second-order valence-corrected chi connectivity index (χ2v) is 6.61. The number of anilines is 1. The van der Waals surface area contributed by atoms with Crippen LogP contribution in [0.25, 0.3) is 5.69 Å². The van der Waals surface area contributed by atoms with Crippen molar-refractivity contribution in [3.05, 3.63) is 24.0 Å². The minimum Gasteiger partial charge on any atom is -0.494 e. The van der Waals surface area contributed by atoms with Gasteiger partial charge in [-0.25, -0.2) is 0 Å². The van der Waals surface area contributed by atoms with Crippen molar-refractivity contribution in [1.29, 1.82) is 0 Å². The van der Waals surface area contributed by atoms with E-state index in [0.717, 1.165) is 18.7 Å². The number of aromatic nitrogens is 4. The first-order valence-electron chi connectivity index (χ1n) is 8.80. The molecule has 1 amide bonds. The van der Waals surface area contributed by atoms with E-state index in [2.05, 4.69) is 26.2 Å². The molecular formula is C17H23ClN6O3. The molecule has 27 heavy (non-hydrogen) atoms. The van der Waals surface area contributed by atoms with Gasteiger partial charge in [0.05, 0.1) is 19.8 Å². The average Bonchev–Trinajstić information content (AvgIpc) is 3.38. The SMILES string of the molecule is COc1ccc(NC(=O)[C@H]2NCCO[C@@H]2C)cc1-n1nnnc1C1CC1.Cl. The molecule has 2 aromatic rings. The van der Waals surface area contributed by atoms with Gasteiger partial charge < -0.3 is 20.1 Å². The van der Waals surface area contributed by atoms with E-state index in [-0.39, 0.29) is 30.5 Å². The van der Waals surface area contributed by atoms with Crippen molar-refractivity contribution in [3.63, 3.8) is 0 Å². The second-order valence-electron chi connectivity index (χ2n) is 6.61. The number of hydrogen-bond donors (Lipinski definition) is 2. The van der Waals surface area contributed by atoms with Crippen molar-refractivity contribution in [1.82, 2.24) is 25.5 Å². The number of morpholine rings is 1. The topological polar surface area (TPSA) is 103 Å². The van der Waals surface area contributed by atoms with Crippen molar-refractivity contribution in [3.8, 4) is 11.4 Å². The molecule has 2 aliphatic rings. The second kappa shape index (κ2) is 8.20. The van der Waals surface area contributed by atoms with E-state index < -0.39 is 0 Å². The van der Waals surface area contributed by atoms with Crippen molar-refractivity contribution in [2.45, 2.75) is 37.8 Å². The number of tetrazole rings is 1. The third kappa shape index (κ3) is 4.05. The van der Waals surface area contributed by atoms with Crippen LogP contribution in [0.1, 0.15) is 31.5 Å². The molecule has 0 radical (unpaired) electrons. The van der Waals surface area contributed by atoms with Crippen LogP contribution in [0.2, 0.25) is 0 Å². The molecule has 2 N–H and O–H groups in total. The number of hydrogen-bond acceptors (Lipinski definition) is 7. The van der Waals surface area contributed by atoms with Crippen LogP contribution in [0, 0.1) is 0 Å². The fraction of sp³-hybridized carbons (Fsp3) is 0.529. The molecule has 1 aliphatic carbocycles. The van der Waals surface area contributed by atoms with E-state index in [1.807, 2.05) is 13.0 Å². The highest BCUT2D eigenvalue weighted by Gasteiger charge is 2.31. The lowest BCUT2D eigenvalue weighted by Crippen LogP contribution is -2.53. The molecule has 1 aromatic carbocycles. The molecule has 10 heteroatoms. The van der Waals surface area contributed by atoms with Crippen molar-refractivity contribution in [2.75, 3.05) is 25.6 Å². The molecule has 0 unspecified atom stereocenters. The number of carbonyl (C=O) groups is 1. The van der Waals surface area contributed by atoms with Gasteiger partial charge in [0.15, 0.2) is 5.82 Å². The van der Waals surface area contributed by atoms with Crippen LogP contribution in [0.15, 0.2) is 18.2 Å². The lowest BCUT2D eigenvalue weighted by Gasteiger charge is -2.29. The summed E-state index contributed by atoms with van der Waals surface area (Å²) >= 11 is 0. The predicted molar refractivity (Wildman–Crippen MR) is 101 cm³/mol. The maximum Gasteiger partial charge on any atom is 0.244 e. The zero-order valence-corrected chi connectivity index (χ0v) is 16.0. The summed E-state index contributed by atoms with van der Waals surface area (Å²) in [6.07, 6.45) is 2.00. The van der Waals surface area contributed by atoms with Gasteiger partial charge in [-0.1, -0.05) is 0 Å². The van der Waals surface area contributed by atoms with Crippen LogP contribution >= 0.6 is 12.4 Å². The molecule has 1 saturated carbocycles. The highest BCUT2D eigenvalue weighted by atomic mass is 35.5. The van der Waals surface area contributed by atoms with Crippen LogP contribution in [0.4, 0.5) is 5.69 Å². The van der Waals surface area contributed by atoms with Crippen LogP contribution in [-0.2, 0) is 9.53 Å². The molecule has 9 nitrogen and oxygen atoms in total. The first-order chi connectivity index (χ1) is 12.7. The molecule has 4 rings (SSSR count). The monoisotopic (exact) mass is 394 g/mol. The largest absolute Gasteiger partial charge is 0.494 e. The Morgan fingerprint density at radius 3 is 2.93 bits per heavy atom. The van der Waals surface area contributed by atoms with Crippen LogP contribution < -0.4 is 15.4 Å². The molecule has 1 aromatic heterocycles. The highest BCUT2D eigenvalue weighted by Crippen LogP contribution is 2.40. The Morgan fingerprint density at radius 1 is 1.41 bits per heavy atom. The zero-order valence-electron chi connectivity index (χ0n) is 15.2. The van der Waals surface area contributed by atoms with Gasteiger partial charge in [-0.15, -0.1) is 17.5 Å². The first kappa shape index (κ1) is 19.5. The van der Waals surface area contributed by atoms with Crippen molar-refractivity contribution in [2.24, 2.45) is 0 Å². The Balaban J connectivity index is 0.00000210. The lowest BCUT2D eigenvalue weighted by atomic mass is 10.1. The number of ether oxygens (including phenoxy) is 2. The molecule has 146 valence electrons.